The van der Waals surface area contributed by atoms with Gasteiger partial charge in [-0.25, -0.2) is 12.1 Å². The van der Waals surface area contributed by atoms with Gasteiger partial charge in [-0.3, -0.25) is 0 Å². The van der Waals surface area contributed by atoms with Crippen LogP contribution in [-0.2, 0) is 17.1 Å². The van der Waals surface area contributed by atoms with Crippen LogP contribution in [0.3, 0.4) is 0 Å². The average Bonchev–Trinajstić information content (AvgIpc) is 2.92. The monoisotopic (exact) mass is 342 g/mol. The third-order valence-electron chi connectivity index (χ3n) is 2.16. The van der Waals surface area contributed by atoms with E-state index in [1.54, 1.807) is 0 Å². The summed E-state index contributed by atoms with van der Waals surface area (Å²) in [5.74, 6) is 0. The third kappa shape index (κ3) is 6.60. The van der Waals surface area contributed by atoms with Crippen molar-refractivity contribution in [3.63, 3.8) is 0 Å². The number of rotatable bonds is 2. The van der Waals surface area contributed by atoms with Gasteiger partial charge in [0.1, 0.15) is 0 Å². The van der Waals surface area contributed by atoms with Crippen LogP contribution >= 0.6 is 37.0 Å². The Balaban J connectivity index is 0.000000360. The minimum Gasteiger partial charge on any atom is -0.748 e. The van der Waals surface area contributed by atoms with E-state index in [0.717, 1.165) is 0 Å². The second-order valence-corrected chi connectivity index (χ2v) is 7.86. The molecule has 0 bridgehead atoms. The van der Waals surface area contributed by atoms with Crippen LogP contribution in [0.15, 0.2) is 48.5 Å². The van der Waals surface area contributed by atoms with Gasteiger partial charge < -0.3 is 30.3 Å². The quantitative estimate of drug-likeness (QED) is 0.434. The fourth-order valence-corrected chi connectivity index (χ4v) is 2.59. The number of hydrogen-bond acceptors (Lipinski definition) is 0. The summed E-state index contributed by atoms with van der Waals surface area (Å²) in [5, 5.41) is 0.951. The summed E-state index contributed by atoms with van der Waals surface area (Å²) in [4.78, 5) is 0. The Kier molecular flexibility index (Phi) is 10.4. The number of hydrogen-bond donors (Lipinski definition) is 0. The van der Waals surface area contributed by atoms with E-state index in [2.05, 4.69) is 55.2 Å². The van der Waals surface area contributed by atoms with Crippen LogP contribution in [0.5, 0.6) is 0 Å². The molecule has 0 aliphatic heterocycles. The smallest absolute Gasteiger partial charge is 0 e. The van der Waals surface area contributed by atoms with Crippen LogP contribution in [0, 0.1) is 0 Å². The van der Waals surface area contributed by atoms with Gasteiger partial charge in [-0.15, -0.1) is 42.5 Å². The van der Waals surface area contributed by atoms with Crippen molar-refractivity contribution in [3.05, 3.63) is 59.7 Å². The molecule has 5 heteroatoms. The maximum Gasteiger partial charge on any atom is 0 e. The van der Waals surface area contributed by atoms with Gasteiger partial charge in [0.05, 0.1) is 0 Å². The zero-order valence-corrected chi connectivity index (χ0v) is 15.2. The molecule has 4 atom stereocenters. The fraction of sp³-hybridized carbons (Fsp3) is 0.167. The summed E-state index contributed by atoms with van der Waals surface area (Å²) < 4.78 is 0. The zero-order valence-electron chi connectivity index (χ0n) is 9.44. The zero-order chi connectivity index (χ0) is 12.0. The van der Waals surface area contributed by atoms with Gasteiger partial charge in [0.15, 0.2) is 0 Å². The summed E-state index contributed by atoms with van der Waals surface area (Å²) in [6.45, 7) is 0. The van der Waals surface area contributed by atoms with Gasteiger partial charge in [0.25, 0.3) is 0 Å². The molecule has 2 aromatic carbocycles. The van der Waals surface area contributed by atoms with E-state index in [-0.39, 0.29) is 17.1 Å². The first-order valence-electron chi connectivity index (χ1n) is 5.07. The molecule has 0 spiro atoms. The molecule has 2 rings (SSSR count). The average molecular weight is 342 g/mol. The Morgan fingerprint density at radius 2 is 1.41 bits per heavy atom. The molecule has 0 saturated carbocycles. The van der Waals surface area contributed by atoms with E-state index >= 15 is 0 Å². The molecule has 100 valence electrons. The molecule has 0 nitrogen and oxygen atoms in total. The third-order valence-corrected chi connectivity index (χ3v) is 3.60. The van der Waals surface area contributed by atoms with Crippen LogP contribution in [0.2, 0.25) is 0 Å². The first-order valence-corrected chi connectivity index (χ1v) is 7.74. The normalized spacial score (nSPS) is 9.76. The second-order valence-electron chi connectivity index (χ2n) is 3.45. The molecular weight excluding hydrogens is 324 g/mol. The van der Waals surface area contributed by atoms with Gasteiger partial charge in [-0.2, -0.15) is 11.6 Å². The summed E-state index contributed by atoms with van der Waals surface area (Å²) in [6, 6.07) is 16.4. The molecule has 0 aliphatic carbocycles. The Labute approximate surface area is 124 Å². The second kappa shape index (κ2) is 9.82. The predicted molar refractivity (Wildman–Crippen MR) is 88.4 cm³/mol. The first-order chi connectivity index (χ1) is 7.63. The molecule has 0 heterocycles. The maximum absolute atomic E-state index is 2.79. The van der Waals surface area contributed by atoms with Crippen LogP contribution in [-0.4, -0.2) is 0 Å². The Bertz CT molecular complexity index is 339. The molecule has 0 amide bonds. The van der Waals surface area contributed by atoms with Crippen molar-refractivity contribution in [3.8, 4) is 0 Å². The van der Waals surface area contributed by atoms with Gasteiger partial charge in [-0.1, -0.05) is 0 Å². The Morgan fingerprint density at radius 3 is 1.71 bits per heavy atom. The van der Waals surface area contributed by atoms with Crippen LogP contribution < -0.4 is 0 Å². The molecule has 0 N–H and O–H groups in total. The molecule has 0 aromatic heterocycles. The summed E-state index contributed by atoms with van der Waals surface area (Å²) in [6.07, 6.45) is 0. The van der Waals surface area contributed by atoms with Crippen LogP contribution in [0.25, 0.3) is 0 Å². The van der Waals surface area contributed by atoms with Crippen LogP contribution in [0.1, 0.15) is 21.9 Å². The topological polar surface area (TPSA) is 0 Å². The van der Waals surface area contributed by atoms with Gasteiger partial charge in [0.2, 0.25) is 0 Å². The van der Waals surface area contributed by atoms with Crippen LogP contribution in [0.4, 0.5) is 0 Å². The summed E-state index contributed by atoms with van der Waals surface area (Å²) >= 11 is 0. The molecular formula is C12H18FeP4-6. The van der Waals surface area contributed by atoms with Crippen molar-refractivity contribution in [2.24, 2.45) is 0 Å². The minimum absolute atomic E-state index is 0. The van der Waals surface area contributed by atoms with E-state index in [1.165, 1.54) is 11.1 Å². The maximum atomic E-state index is 2.79. The molecule has 0 saturated heterocycles. The largest absolute Gasteiger partial charge is 0.748 e. The van der Waals surface area contributed by atoms with Gasteiger partial charge >= 0.3 is 0 Å². The Hall–Kier alpha value is 0.939. The van der Waals surface area contributed by atoms with E-state index in [9.17, 15) is 0 Å². The van der Waals surface area contributed by atoms with Crippen molar-refractivity contribution in [1.82, 2.24) is 0 Å². The molecule has 17 heavy (non-hydrogen) atoms. The van der Waals surface area contributed by atoms with Crippen molar-refractivity contribution in [1.29, 1.82) is 0 Å². The summed E-state index contributed by atoms with van der Waals surface area (Å²) in [7, 11) is 11.1. The van der Waals surface area contributed by atoms with Gasteiger partial charge in [-0.05, 0) is 10.8 Å². The molecule has 4 unspecified atom stereocenters. The Morgan fingerprint density at radius 1 is 0.941 bits per heavy atom. The van der Waals surface area contributed by atoms with Gasteiger partial charge in [0, 0.05) is 17.1 Å². The van der Waals surface area contributed by atoms with Crippen molar-refractivity contribution >= 4 is 37.0 Å². The first kappa shape index (κ1) is 17.9. The minimum atomic E-state index is 0. The van der Waals surface area contributed by atoms with Crippen molar-refractivity contribution in [2.45, 2.75) is 10.8 Å². The fourth-order valence-electron chi connectivity index (χ4n) is 1.38. The molecule has 0 fully saturated rings. The van der Waals surface area contributed by atoms with Crippen molar-refractivity contribution in [2.75, 3.05) is 0 Å². The van der Waals surface area contributed by atoms with Crippen molar-refractivity contribution < 1.29 is 17.1 Å². The molecule has 0 radical (unpaired) electrons. The van der Waals surface area contributed by atoms with E-state index in [4.69, 9.17) is 0 Å². The predicted octanol–water partition coefficient (Wildman–Crippen LogP) is 4.31. The van der Waals surface area contributed by atoms with E-state index in [1.807, 2.05) is 30.3 Å². The standard InChI is InChI=1S/C7H13P4.C5H5.Fe/c8-6(9)4-2-1-3-5(4)7(10)11;1-2-4-5-3-1;/h1-3,6-7H,8-11H2;1-5H;/q-1;-5;. The molecule has 2 aromatic rings. The SMILES string of the molecule is PC(P)c1ccc[c-]1C(P)P.[Fe].[cH-]1[cH-][cH-][cH-][cH-]1. The van der Waals surface area contributed by atoms with E-state index in [0.29, 0.717) is 10.8 Å². The molecule has 0 aliphatic rings. The van der Waals surface area contributed by atoms with E-state index < -0.39 is 0 Å². The summed E-state index contributed by atoms with van der Waals surface area (Å²) in [5.41, 5.74) is 2.80.